The summed E-state index contributed by atoms with van der Waals surface area (Å²) in [6.45, 7) is 4.06. The molecule has 6 nitrogen and oxygen atoms in total. The molecule has 0 radical (unpaired) electrons. The van der Waals surface area contributed by atoms with Crippen molar-refractivity contribution in [1.82, 2.24) is 5.32 Å². The van der Waals surface area contributed by atoms with Crippen molar-refractivity contribution in [2.45, 2.75) is 57.3 Å². The van der Waals surface area contributed by atoms with Crippen LogP contribution in [0.3, 0.4) is 0 Å². The number of amides is 2. The molecule has 1 fully saturated rings. The van der Waals surface area contributed by atoms with Gasteiger partial charge in [0, 0.05) is 6.54 Å². The van der Waals surface area contributed by atoms with Gasteiger partial charge in [-0.15, -0.1) is 12.4 Å². The SMILES string of the molecule is CCC(CC)(NC(=O)[C@@H]1CC[C@H](CN)O1)C(N)=O.Cl. The summed E-state index contributed by atoms with van der Waals surface area (Å²) in [5.41, 5.74) is 9.90. The Labute approximate surface area is 120 Å². The number of primary amides is 1. The summed E-state index contributed by atoms with van der Waals surface area (Å²) in [7, 11) is 0. The number of hydrogen-bond acceptors (Lipinski definition) is 4. The second-order valence-corrected chi connectivity index (χ2v) is 4.70. The lowest BCUT2D eigenvalue weighted by Gasteiger charge is -2.30. The first-order chi connectivity index (χ1) is 8.49. The van der Waals surface area contributed by atoms with Gasteiger partial charge in [0.25, 0.3) is 0 Å². The summed E-state index contributed by atoms with van der Waals surface area (Å²) in [6, 6.07) is 0. The summed E-state index contributed by atoms with van der Waals surface area (Å²) in [5.74, 6) is -0.775. The van der Waals surface area contributed by atoms with Crippen LogP contribution in [-0.4, -0.2) is 36.1 Å². The zero-order valence-corrected chi connectivity index (χ0v) is 12.3. The lowest BCUT2D eigenvalue weighted by Crippen LogP contribution is -2.58. The van der Waals surface area contributed by atoms with Gasteiger partial charge in [-0.3, -0.25) is 9.59 Å². The molecule has 0 saturated carbocycles. The molecule has 2 atom stereocenters. The largest absolute Gasteiger partial charge is 0.368 e. The van der Waals surface area contributed by atoms with E-state index >= 15 is 0 Å². The fourth-order valence-corrected chi connectivity index (χ4v) is 2.23. The number of nitrogens with one attached hydrogen (secondary N) is 1. The summed E-state index contributed by atoms with van der Waals surface area (Å²) in [4.78, 5) is 23.6. The summed E-state index contributed by atoms with van der Waals surface area (Å²) in [6.07, 6.45) is 1.77. The van der Waals surface area contributed by atoms with Gasteiger partial charge in [0.2, 0.25) is 11.8 Å². The van der Waals surface area contributed by atoms with Crippen LogP contribution in [0, 0.1) is 0 Å². The molecule has 5 N–H and O–H groups in total. The predicted molar refractivity (Wildman–Crippen MR) is 74.8 cm³/mol. The van der Waals surface area contributed by atoms with E-state index in [0.717, 1.165) is 6.42 Å². The fourth-order valence-electron chi connectivity index (χ4n) is 2.23. The maximum Gasteiger partial charge on any atom is 0.250 e. The molecule has 0 aromatic rings. The maximum atomic E-state index is 12.1. The number of hydrogen-bond donors (Lipinski definition) is 3. The van der Waals surface area contributed by atoms with Gasteiger partial charge in [-0.05, 0) is 25.7 Å². The second kappa shape index (κ2) is 7.67. The third kappa shape index (κ3) is 4.06. The van der Waals surface area contributed by atoms with Gasteiger partial charge < -0.3 is 21.5 Å². The van der Waals surface area contributed by atoms with E-state index in [2.05, 4.69) is 5.32 Å². The fraction of sp³-hybridized carbons (Fsp3) is 0.833. The van der Waals surface area contributed by atoms with E-state index in [1.54, 1.807) is 0 Å². The molecule has 0 bridgehead atoms. The highest BCUT2D eigenvalue weighted by molar-refractivity contribution is 5.91. The molecule has 1 rings (SSSR count). The van der Waals surface area contributed by atoms with E-state index in [0.29, 0.717) is 25.8 Å². The van der Waals surface area contributed by atoms with Crippen LogP contribution in [0.1, 0.15) is 39.5 Å². The Hall–Kier alpha value is -0.850. The first kappa shape index (κ1) is 18.1. The molecule has 0 aromatic heterocycles. The average molecular weight is 294 g/mol. The number of ether oxygens (including phenoxy) is 1. The lowest BCUT2D eigenvalue weighted by atomic mass is 9.91. The Morgan fingerprint density at radius 1 is 1.32 bits per heavy atom. The van der Waals surface area contributed by atoms with E-state index < -0.39 is 17.6 Å². The molecule has 7 heteroatoms. The highest BCUT2D eigenvalue weighted by atomic mass is 35.5. The third-order valence-electron chi connectivity index (χ3n) is 3.70. The molecule has 112 valence electrons. The van der Waals surface area contributed by atoms with Crippen molar-refractivity contribution >= 4 is 24.2 Å². The Morgan fingerprint density at radius 3 is 2.26 bits per heavy atom. The van der Waals surface area contributed by atoms with Crippen molar-refractivity contribution in [3.05, 3.63) is 0 Å². The molecule has 0 spiro atoms. The molecule has 2 amide bonds. The highest BCUT2D eigenvalue weighted by Crippen LogP contribution is 2.21. The van der Waals surface area contributed by atoms with Crippen LogP contribution in [0.4, 0.5) is 0 Å². The first-order valence-corrected chi connectivity index (χ1v) is 6.46. The van der Waals surface area contributed by atoms with Gasteiger partial charge in [0.1, 0.15) is 11.6 Å². The minimum absolute atomic E-state index is 0. The van der Waals surface area contributed by atoms with E-state index in [1.807, 2.05) is 13.8 Å². The van der Waals surface area contributed by atoms with Gasteiger partial charge in [0.05, 0.1) is 6.10 Å². The van der Waals surface area contributed by atoms with Crippen molar-refractivity contribution in [1.29, 1.82) is 0 Å². The Bertz CT molecular complexity index is 321. The maximum absolute atomic E-state index is 12.1. The molecule has 1 aliphatic rings. The minimum atomic E-state index is -0.971. The number of carbonyl (C=O) groups excluding carboxylic acids is 2. The molecule has 0 aromatic carbocycles. The van der Waals surface area contributed by atoms with Crippen LogP contribution in [0.15, 0.2) is 0 Å². The van der Waals surface area contributed by atoms with Crippen molar-refractivity contribution in [3.8, 4) is 0 Å². The van der Waals surface area contributed by atoms with Crippen molar-refractivity contribution in [3.63, 3.8) is 0 Å². The molecule has 0 unspecified atom stereocenters. The topological polar surface area (TPSA) is 107 Å². The van der Waals surface area contributed by atoms with Gasteiger partial charge in [-0.25, -0.2) is 0 Å². The summed E-state index contributed by atoms with van der Waals surface area (Å²) < 4.78 is 5.50. The van der Waals surface area contributed by atoms with Gasteiger partial charge >= 0.3 is 0 Å². The minimum Gasteiger partial charge on any atom is -0.368 e. The quantitative estimate of drug-likeness (QED) is 0.644. The van der Waals surface area contributed by atoms with Crippen LogP contribution in [0.5, 0.6) is 0 Å². The molecule has 1 aliphatic heterocycles. The monoisotopic (exact) mass is 293 g/mol. The summed E-state index contributed by atoms with van der Waals surface area (Å²) in [5, 5.41) is 2.74. The number of rotatable bonds is 6. The van der Waals surface area contributed by atoms with Gasteiger partial charge in [0.15, 0.2) is 0 Å². The van der Waals surface area contributed by atoms with E-state index in [1.165, 1.54) is 0 Å². The zero-order valence-electron chi connectivity index (χ0n) is 11.5. The molecule has 0 aliphatic carbocycles. The predicted octanol–water partition coefficient (Wildman–Crippen LogP) is 0.0748. The van der Waals surface area contributed by atoms with Gasteiger partial charge in [-0.2, -0.15) is 0 Å². The van der Waals surface area contributed by atoms with Crippen LogP contribution >= 0.6 is 12.4 Å². The number of nitrogens with two attached hydrogens (primary N) is 2. The molecular formula is C12H24ClN3O3. The Balaban J connectivity index is 0.00000324. The van der Waals surface area contributed by atoms with Crippen molar-refractivity contribution in [2.24, 2.45) is 11.5 Å². The van der Waals surface area contributed by atoms with E-state index in [-0.39, 0.29) is 24.4 Å². The second-order valence-electron chi connectivity index (χ2n) is 4.70. The van der Waals surface area contributed by atoms with E-state index in [4.69, 9.17) is 16.2 Å². The third-order valence-corrected chi connectivity index (χ3v) is 3.70. The van der Waals surface area contributed by atoms with Crippen molar-refractivity contribution < 1.29 is 14.3 Å². The first-order valence-electron chi connectivity index (χ1n) is 6.46. The number of halogens is 1. The van der Waals surface area contributed by atoms with Crippen LogP contribution in [0.25, 0.3) is 0 Å². The molecule has 19 heavy (non-hydrogen) atoms. The van der Waals surface area contributed by atoms with Gasteiger partial charge in [-0.1, -0.05) is 13.8 Å². The Kier molecular flexibility index (Phi) is 7.33. The summed E-state index contributed by atoms with van der Waals surface area (Å²) >= 11 is 0. The zero-order chi connectivity index (χ0) is 13.8. The standard InChI is InChI=1S/C12H23N3O3.ClH/c1-3-12(4-2,11(14)17)15-10(16)9-6-5-8(7-13)18-9;/h8-9H,3-7,13H2,1-2H3,(H2,14,17)(H,15,16);1H/t8-,9+;/m1./s1. The smallest absolute Gasteiger partial charge is 0.250 e. The van der Waals surface area contributed by atoms with Crippen LogP contribution in [-0.2, 0) is 14.3 Å². The average Bonchev–Trinajstić information content (AvgIpc) is 2.84. The normalized spacial score (nSPS) is 22.7. The van der Waals surface area contributed by atoms with Crippen LogP contribution in [0.2, 0.25) is 0 Å². The number of carbonyl (C=O) groups is 2. The molecule has 1 heterocycles. The molecule has 1 saturated heterocycles. The Morgan fingerprint density at radius 2 is 1.89 bits per heavy atom. The van der Waals surface area contributed by atoms with Crippen LogP contribution < -0.4 is 16.8 Å². The highest BCUT2D eigenvalue weighted by Gasteiger charge is 2.38. The molecular weight excluding hydrogens is 270 g/mol. The van der Waals surface area contributed by atoms with Crippen molar-refractivity contribution in [2.75, 3.05) is 6.54 Å². The lowest BCUT2D eigenvalue weighted by molar-refractivity contribution is -0.138. The van der Waals surface area contributed by atoms with E-state index in [9.17, 15) is 9.59 Å².